The molecule has 2 heterocycles. The Kier molecular flexibility index (Phi) is 2.77. The van der Waals surface area contributed by atoms with Crippen LogP contribution in [-0.2, 0) is 21.2 Å². The van der Waals surface area contributed by atoms with Gasteiger partial charge in [0.1, 0.15) is 5.75 Å². The van der Waals surface area contributed by atoms with Crippen LogP contribution in [0.25, 0.3) is 0 Å². The van der Waals surface area contributed by atoms with Crippen molar-refractivity contribution in [3.8, 4) is 5.75 Å². The van der Waals surface area contributed by atoms with Gasteiger partial charge in [0.2, 0.25) is 10.0 Å². The number of sulfonamides is 1. The normalized spacial score (nSPS) is 21.0. The van der Waals surface area contributed by atoms with Crippen molar-refractivity contribution >= 4 is 21.6 Å². The molecule has 0 bridgehead atoms. The van der Waals surface area contributed by atoms with Crippen molar-refractivity contribution in [2.45, 2.75) is 36.6 Å². The molecule has 1 fully saturated rings. The molecule has 1 aromatic rings. The number of nitrogens with one attached hydrogen (secondary N) is 1. The summed E-state index contributed by atoms with van der Waals surface area (Å²) in [4.78, 5) is 13.9. The average molecular weight is 308 g/mol. The SMILES string of the molecule is O=C1COc2ccc(S(=O)(=O)NC3CC3)c3c2N1CCC3. The van der Waals surface area contributed by atoms with Crippen LogP contribution < -0.4 is 14.4 Å². The van der Waals surface area contributed by atoms with Crippen LogP contribution in [-0.4, -0.2) is 33.5 Å². The lowest BCUT2D eigenvalue weighted by Crippen LogP contribution is -2.42. The van der Waals surface area contributed by atoms with Crippen molar-refractivity contribution in [1.82, 2.24) is 4.72 Å². The van der Waals surface area contributed by atoms with E-state index >= 15 is 0 Å². The first-order valence-corrected chi connectivity index (χ1v) is 8.66. The number of carbonyl (C=O) groups excluding carboxylic acids is 1. The van der Waals surface area contributed by atoms with E-state index in [0.29, 0.717) is 30.0 Å². The van der Waals surface area contributed by atoms with Crippen molar-refractivity contribution in [3.05, 3.63) is 17.7 Å². The van der Waals surface area contributed by atoms with E-state index in [1.54, 1.807) is 17.0 Å². The Morgan fingerprint density at radius 3 is 2.86 bits per heavy atom. The molecule has 0 aromatic heterocycles. The van der Waals surface area contributed by atoms with Crippen molar-refractivity contribution in [2.75, 3.05) is 18.1 Å². The number of benzene rings is 1. The number of anilines is 1. The minimum atomic E-state index is -3.52. The number of hydrogen-bond acceptors (Lipinski definition) is 4. The number of nitrogens with zero attached hydrogens (tertiary/aromatic N) is 1. The van der Waals surface area contributed by atoms with Crippen LogP contribution >= 0.6 is 0 Å². The maximum atomic E-state index is 12.5. The van der Waals surface area contributed by atoms with Crippen LogP contribution in [0, 0.1) is 0 Å². The van der Waals surface area contributed by atoms with Gasteiger partial charge in [0.25, 0.3) is 5.91 Å². The second kappa shape index (κ2) is 4.45. The molecule has 1 saturated carbocycles. The van der Waals surface area contributed by atoms with Gasteiger partial charge in [-0.1, -0.05) is 0 Å². The summed E-state index contributed by atoms with van der Waals surface area (Å²) < 4.78 is 33.2. The van der Waals surface area contributed by atoms with Crippen LogP contribution in [0.15, 0.2) is 17.0 Å². The fourth-order valence-electron chi connectivity index (χ4n) is 2.98. The van der Waals surface area contributed by atoms with E-state index in [1.165, 1.54) is 0 Å². The van der Waals surface area contributed by atoms with Crippen molar-refractivity contribution < 1.29 is 17.9 Å². The van der Waals surface area contributed by atoms with Crippen molar-refractivity contribution in [3.63, 3.8) is 0 Å². The highest BCUT2D eigenvalue weighted by Gasteiger charge is 2.36. The average Bonchev–Trinajstić information content (AvgIpc) is 3.26. The van der Waals surface area contributed by atoms with E-state index in [-0.39, 0.29) is 23.5 Å². The molecule has 0 spiro atoms. The Labute approximate surface area is 123 Å². The number of hydrogen-bond donors (Lipinski definition) is 1. The summed E-state index contributed by atoms with van der Waals surface area (Å²) in [6, 6.07) is 3.32. The summed E-state index contributed by atoms with van der Waals surface area (Å²) in [5.74, 6) is 0.503. The lowest BCUT2D eigenvalue weighted by molar-refractivity contribution is -0.121. The van der Waals surface area contributed by atoms with Crippen LogP contribution in [0.3, 0.4) is 0 Å². The maximum Gasteiger partial charge on any atom is 0.265 e. The standard InChI is InChI=1S/C14H16N2O4S/c17-13-8-20-11-5-6-12(21(18,19)15-9-3-4-9)10-2-1-7-16(13)14(10)11/h5-6,9,15H,1-4,7-8H2. The molecule has 7 heteroatoms. The monoisotopic (exact) mass is 308 g/mol. The predicted molar refractivity (Wildman–Crippen MR) is 76.0 cm³/mol. The quantitative estimate of drug-likeness (QED) is 0.896. The van der Waals surface area contributed by atoms with E-state index < -0.39 is 10.0 Å². The molecule has 0 unspecified atom stereocenters. The third kappa shape index (κ3) is 2.11. The molecule has 1 N–H and O–H groups in total. The van der Waals surface area contributed by atoms with Gasteiger partial charge in [-0.3, -0.25) is 4.79 Å². The molecule has 0 atom stereocenters. The largest absolute Gasteiger partial charge is 0.482 e. The fourth-order valence-corrected chi connectivity index (χ4v) is 4.55. The highest BCUT2D eigenvalue weighted by Crippen LogP contribution is 2.42. The lowest BCUT2D eigenvalue weighted by atomic mass is 10.00. The van der Waals surface area contributed by atoms with E-state index in [1.807, 2.05) is 0 Å². The molecule has 2 aliphatic heterocycles. The Morgan fingerprint density at radius 2 is 2.10 bits per heavy atom. The topological polar surface area (TPSA) is 75.7 Å². The first-order chi connectivity index (χ1) is 10.1. The zero-order chi connectivity index (χ0) is 14.6. The summed E-state index contributed by atoms with van der Waals surface area (Å²) in [5, 5.41) is 0. The Balaban J connectivity index is 1.85. The smallest absolute Gasteiger partial charge is 0.265 e. The molecule has 1 aromatic carbocycles. The molecule has 1 aliphatic carbocycles. The van der Waals surface area contributed by atoms with Gasteiger partial charge in [-0.2, -0.15) is 0 Å². The highest BCUT2D eigenvalue weighted by molar-refractivity contribution is 7.89. The molecule has 0 radical (unpaired) electrons. The van der Waals surface area contributed by atoms with Gasteiger partial charge in [-0.05, 0) is 43.4 Å². The maximum absolute atomic E-state index is 12.5. The molecular weight excluding hydrogens is 292 g/mol. The Hall–Kier alpha value is -1.60. The molecule has 4 rings (SSSR count). The summed E-state index contributed by atoms with van der Waals surface area (Å²) in [5.41, 5.74) is 1.36. The fraction of sp³-hybridized carbons (Fsp3) is 0.500. The van der Waals surface area contributed by atoms with Crippen LogP contribution in [0.2, 0.25) is 0 Å². The third-order valence-electron chi connectivity index (χ3n) is 4.12. The van der Waals surface area contributed by atoms with Gasteiger partial charge >= 0.3 is 0 Å². The molecule has 0 saturated heterocycles. The van der Waals surface area contributed by atoms with Gasteiger partial charge in [0, 0.05) is 12.6 Å². The van der Waals surface area contributed by atoms with Crippen LogP contribution in [0.4, 0.5) is 5.69 Å². The molecule has 21 heavy (non-hydrogen) atoms. The number of carbonyl (C=O) groups is 1. The summed E-state index contributed by atoms with van der Waals surface area (Å²) in [6.07, 6.45) is 3.21. The third-order valence-corrected chi connectivity index (χ3v) is 5.73. The molecule has 1 amide bonds. The molecule has 6 nitrogen and oxygen atoms in total. The molecular formula is C14H16N2O4S. The molecule has 3 aliphatic rings. The van der Waals surface area contributed by atoms with Gasteiger partial charge in [-0.15, -0.1) is 0 Å². The first-order valence-electron chi connectivity index (χ1n) is 7.17. The Bertz CT molecular complexity index is 725. The number of ether oxygens (including phenoxy) is 1. The highest BCUT2D eigenvalue weighted by atomic mass is 32.2. The van der Waals surface area contributed by atoms with E-state index in [0.717, 1.165) is 19.3 Å². The van der Waals surface area contributed by atoms with Crippen LogP contribution in [0.1, 0.15) is 24.8 Å². The van der Waals surface area contributed by atoms with Crippen molar-refractivity contribution in [1.29, 1.82) is 0 Å². The van der Waals surface area contributed by atoms with Crippen LogP contribution in [0.5, 0.6) is 5.75 Å². The number of rotatable bonds is 3. The summed E-state index contributed by atoms with van der Waals surface area (Å²) in [7, 11) is -3.52. The lowest BCUT2D eigenvalue weighted by Gasteiger charge is -2.35. The summed E-state index contributed by atoms with van der Waals surface area (Å²) >= 11 is 0. The second-order valence-electron chi connectivity index (χ2n) is 5.72. The van der Waals surface area contributed by atoms with E-state index in [2.05, 4.69) is 4.72 Å². The van der Waals surface area contributed by atoms with E-state index in [4.69, 9.17) is 4.74 Å². The van der Waals surface area contributed by atoms with E-state index in [9.17, 15) is 13.2 Å². The predicted octanol–water partition coefficient (Wildman–Crippen LogP) is 0.799. The first kappa shape index (κ1) is 13.1. The van der Waals surface area contributed by atoms with Gasteiger partial charge in [-0.25, -0.2) is 13.1 Å². The van der Waals surface area contributed by atoms with Gasteiger partial charge in [0.15, 0.2) is 6.61 Å². The molecule has 112 valence electrons. The van der Waals surface area contributed by atoms with Crippen molar-refractivity contribution in [2.24, 2.45) is 0 Å². The zero-order valence-corrected chi connectivity index (χ0v) is 12.3. The second-order valence-corrected chi connectivity index (χ2v) is 7.40. The summed E-state index contributed by atoms with van der Waals surface area (Å²) in [6.45, 7) is 0.653. The zero-order valence-electron chi connectivity index (χ0n) is 11.5. The minimum Gasteiger partial charge on any atom is -0.482 e. The van der Waals surface area contributed by atoms with Gasteiger partial charge in [0.05, 0.1) is 10.6 Å². The minimum absolute atomic E-state index is 0.0266. The number of amides is 1. The Morgan fingerprint density at radius 1 is 1.29 bits per heavy atom. The van der Waals surface area contributed by atoms with Gasteiger partial charge < -0.3 is 9.64 Å².